The van der Waals surface area contributed by atoms with Gasteiger partial charge in [-0.1, -0.05) is 49.2 Å². The summed E-state index contributed by atoms with van der Waals surface area (Å²) in [4.78, 5) is 16.5. The molecular formula is C17H18ClNO2. The number of ether oxygens (including phenoxy) is 1. The molecule has 21 heavy (non-hydrogen) atoms. The van der Waals surface area contributed by atoms with E-state index >= 15 is 0 Å². The first-order valence-corrected chi connectivity index (χ1v) is 7.77. The van der Waals surface area contributed by atoms with Gasteiger partial charge >= 0.3 is 5.97 Å². The summed E-state index contributed by atoms with van der Waals surface area (Å²) in [5, 5.41) is 1.99. The SMILES string of the molecule is CC1CCCC(OC(=O)c2cnc(Cl)c3ccccc23)C1. The third-order valence-electron chi connectivity index (χ3n) is 4.13. The van der Waals surface area contributed by atoms with Gasteiger partial charge in [-0.2, -0.15) is 0 Å². The van der Waals surface area contributed by atoms with Gasteiger partial charge < -0.3 is 4.74 Å². The van der Waals surface area contributed by atoms with Crippen molar-refractivity contribution in [2.24, 2.45) is 5.92 Å². The van der Waals surface area contributed by atoms with Crippen LogP contribution in [0.2, 0.25) is 5.15 Å². The number of esters is 1. The van der Waals surface area contributed by atoms with Crippen LogP contribution >= 0.6 is 11.6 Å². The number of pyridine rings is 1. The summed E-state index contributed by atoms with van der Waals surface area (Å²) in [6.07, 6.45) is 5.78. The zero-order valence-electron chi connectivity index (χ0n) is 12.0. The molecular weight excluding hydrogens is 286 g/mol. The highest BCUT2D eigenvalue weighted by molar-refractivity contribution is 6.34. The quantitative estimate of drug-likeness (QED) is 0.600. The Bertz CT molecular complexity index is 671. The molecule has 0 bridgehead atoms. The average molecular weight is 304 g/mol. The van der Waals surface area contributed by atoms with Gasteiger partial charge in [0.25, 0.3) is 0 Å². The summed E-state index contributed by atoms with van der Waals surface area (Å²) in [5.41, 5.74) is 0.494. The Kier molecular flexibility index (Phi) is 4.11. The third kappa shape index (κ3) is 3.03. The van der Waals surface area contributed by atoms with E-state index in [1.807, 2.05) is 24.3 Å². The number of benzene rings is 1. The maximum atomic E-state index is 12.4. The number of carbonyl (C=O) groups is 1. The number of rotatable bonds is 2. The highest BCUT2D eigenvalue weighted by Gasteiger charge is 2.24. The van der Waals surface area contributed by atoms with E-state index in [1.165, 1.54) is 12.6 Å². The molecule has 1 heterocycles. The molecule has 1 fully saturated rings. The third-order valence-corrected chi connectivity index (χ3v) is 4.43. The van der Waals surface area contributed by atoms with Crippen molar-refractivity contribution in [1.29, 1.82) is 0 Å². The second kappa shape index (κ2) is 6.02. The molecule has 1 aliphatic carbocycles. The molecule has 1 aromatic carbocycles. The topological polar surface area (TPSA) is 39.2 Å². The van der Waals surface area contributed by atoms with Gasteiger partial charge in [-0.25, -0.2) is 9.78 Å². The van der Waals surface area contributed by atoms with Gasteiger partial charge in [-0.15, -0.1) is 0 Å². The van der Waals surface area contributed by atoms with E-state index in [2.05, 4.69) is 11.9 Å². The van der Waals surface area contributed by atoms with Gasteiger partial charge in [0.2, 0.25) is 0 Å². The van der Waals surface area contributed by atoms with Gasteiger partial charge in [-0.05, 0) is 25.2 Å². The molecule has 1 aliphatic rings. The van der Waals surface area contributed by atoms with Crippen molar-refractivity contribution in [1.82, 2.24) is 4.98 Å². The maximum Gasteiger partial charge on any atom is 0.340 e. The highest BCUT2D eigenvalue weighted by Crippen LogP contribution is 2.28. The number of aromatic nitrogens is 1. The highest BCUT2D eigenvalue weighted by atomic mass is 35.5. The summed E-state index contributed by atoms with van der Waals surface area (Å²) in [5.74, 6) is 0.325. The fourth-order valence-electron chi connectivity index (χ4n) is 3.02. The lowest BCUT2D eigenvalue weighted by Crippen LogP contribution is -2.24. The van der Waals surface area contributed by atoms with Crippen LogP contribution in [0.4, 0.5) is 0 Å². The summed E-state index contributed by atoms with van der Waals surface area (Å²) in [7, 11) is 0. The summed E-state index contributed by atoms with van der Waals surface area (Å²) < 4.78 is 5.67. The van der Waals surface area contributed by atoms with E-state index in [1.54, 1.807) is 0 Å². The van der Waals surface area contributed by atoms with Crippen molar-refractivity contribution in [2.45, 2.75) is 38.7 Å². The predicted octanol–water partition coefficient (Wildman–Crippen LogP) is 4.62. The van der Waals surface area contributed by atoms with Crippen molar-refractivity contribution < 1.29 is 9.53 Å². The van der Waals surface area contributed by atoms with Gasteiger partial charge in [0.05, 0.1) is 5.56 Å². The number of nitrogens with zero attached hydrogens (tertiary/aromatic N) is 1. The standard InChI is InChI=1S/C17H18ClNO2/c1-11-5-4-6-12(9-11)21-17(20)15-10-19-16(18)14-8-3-2-7-13(14)15/h2-3,7-8,10-12H,4-6,9H2,1H3. The van der Waals surface area contributed by atoms with Crippen LogP contribution in [0.3, 0.4) is 0 Å². The second-order valence-corrected chi connectivity index (χ2v) is 6.17. The first-order valence-electron chi connectivity index (χ1n) is 7.39. The Morgan fingerprint density at radius 3 is 2.81 bits per heavy atom. The normalized spacial score (nSPS) is 22.2. The molecule has 0 aliphatic heterocycles. The Labute approximate surface area is 129 Å². The van der Waals surface area contributed by atoms with E-state index < -0.39 is 0 Å². The number of carbonyl (C=O) groups excluding carboxylic acids is 1. The van der Waals surface area contributed by atoms with Crippen molar-refractivity contribution in [3.8, 4) is 0 Å². The van der Waals surface area contributed by atoms with Crippen molar-refractivity contribution in [3.05, 3.63) is 41.2 Å². The molecule has 0 saturated heterocycles. The van der Waals surface area contributed by atoms with E-state index in [0.717, 1.165) is 30.0 Å². The molecule has 0 N–H and O–H groups in total. The van der Waals surface area contributed by atoms with Crippen LogP contribution in [-0.2, 0) is 4.74 Å². The minimum absolute atomic E-state index is 0.0238. The zero-order valence-corrected chi connectivity index (χ0v) is 12.8. The average Bonchev–Trinajstić information content (AvgIpc) is 2.48. The Balaban J connectivity index is 1.86. The largest absolute Gasteiger partial charge is 0.459 e. The molecule has 0 radical (unpaired) electrons. The molecule has 3 nitrogen and oxygen atoms in total. The van der Waals surface area contributed by atoms with Crippen molar-refractivity contribution in [3.63, 3.8) is 0 Å². The maximum absolute atomic E-state index is 12.4. The molecule has 0 spiro atoms. The van der Waals surface area contributed by atoms with E-state index in [-0.39, 0.29) is 12.1 Å². The summed E-state index contributed by atoms with van der Waals surface area (Å²) in [6, 6.07) is 7.51. The van der Waals surface area contributed by atoms with Crippen LogP contribution in [0, 0.1) is 5.92 Å². The Morgan fingerprint density at radius 2 is 2.05 bits per heavy atom. The van der Waals surface area contributed by atoms with Crippen LogP contribution < -0.4 is 0 Å². The van der Waals surface area contributed by atoms with Crippen LogP contribution in [0.5, 0.6) is 0 Å². The molecule has 0 amide bonds. The minimum Gasteiger partial charge on any atom is -0.459 e. The lowest BCUT2D eigenvalue weighted by Gasteiger charge is -2.26. The first kappa shape index (κ1) is 14.3. The molecule has 4 heteroatoms. The van der Waals surface area contributed by atoms with E-state index in [0.29, 0.717) is 16.6 Å². The number of hydrogen-bond donors (Lipinski definition) is 0. The van der Waals surface area contributed by atoms with E-state index in [4.69, 9.17) is 16.3 Å². The predicted molar refractivity (Wildman–Crippen MR) is 83.6 cm³/mol. The molecule has 2 unspecified atom stereocenters. The Morgan fingerprint density at radius 1 is 1.29 bits per heavy atom. The van der Waals surface area contributed by atoms with Crippen LogP contribution in [0.1, 0.15) is 43.0 Å². The number of hydrogen-bond acceptors (Lipinski definition) is 3. The summed E-state index contributed by atoms with van der Waals surface area (Å²) in [6.45, 7) is 2.21. The first-order chi connectivity index (χ1) is 10.1. The van der Waals surface area contributed by atoms with Crippen LogP contribution in [0.15, 0.2) is 30.5 Å². The summed E-state index contributed by atoms with van der Waals surface area (Å²) >= 11 is 6.08. The lowest BCUT2D eigenvalue weighted by atomic mass is 9.89. The minimum atomic E-state index is -0.297. The molecule has 2 aromatic rings. The number of halogens is 1. The molecule has 1 aromatic heterocycles. The number of fused-ring (bicyclic) bond motifs is 1. The van der Waals surface area contributed by atoms with Gasteiger partial charge in [0.1, 0.15) is 11.3 Å². The fourth-order valence-corrected chi connectivity index (χ4v) is 3.23. The smallest absolute Gasteiger partial charge is 0.340 e. The van der Waals surface area contributed by atoms with Crippen LogP contribution in [-0.4, -0.2) is 17.1 Å². The molecule has 3 rings (SSSR count). The Hall–Kier alpha value is -1.61. The van der Waals surface area contributed by atoms with E-state index in [9.17, 15) is 4.79 Å². The van der Waals surface area contributed by atoms with Gasteiger partial charge in [0, 0.05) is 17.0 Å². The second-order valence-electron chi connectivity index (χ2n) is 5.81. The zero-order chi connectivity index (χ0) is 14.8. The molecule has 1 saturated carbocycles. The van der Waals surface area contributed by atoms with Gasteiger partial charge in [-0.3, -0.25) is 0 Å². The monoisotopic (exact) mass is 303 g/mol. The van der Waals surface area contributed by atoms with Crippen molar-refractivity contribution in [2.75, 3.05) is 0 Å². The van der Waals surface area contributed by atoms with Gasteiger partial charge in [0.15, 0.2) is 0 Å². The van der Waals surface area contributed by atoms with Crippen LogP contribution in [0.25, 0.3) is 10.8 Å². The molecule has 2 atom stereocenters. The van der Waals surface area contributed by atoms with Crippen molar-refractivity contribution >= 4 is 28.3 Å². The lowest BCUT2D eigenvalue weighted by molar-refractivity contribution is 0.0157. The fraction of sp³-hybridized carbons (Fsp3) is 0.412. The molecule has 110 valence electrons.